The smallest absolute Gasteiger partial charge is 0.296 e. The third-order valence-electron chi connectivity index (χ3n) is 5.85. The van der Waals surface area contributed by atoms with Crippen LogP contribution in [0.3, 0.4) is 0 Å². The molecule has 0 fully saturated rings. The lowest BCUT2D eigenvalue weighted by Crippen LogP contribution is -2.30. The van der Waals surface area contributed by atoms with Crippen molar-refractivity contribution in [1.82, 2.24) is 0 Å². The number of aromatic hydroxyl groups is 1. The Morgan fingerprint density at radius 1 is 0.947 bits per heavy atom. The van der Waals surface area contributed by atoms with Gasteiger partial charge in [0.05, 0.1) is 28.8 Å². The summed E-state index contributed by atoms with van der Waals surface area (Å²) in [4.78, 5) is -0.298. The molecule has 0 amide bonds. The van der Waals surface area contributed by atoms with Crippen molar-refractivity contribution >= 4 is 53.7 Å². The molecule has 3 N–H and O–H groups in total. The topological polar surface area (TPSA) is 152 Å². The zero-order chi connectivity index (χ0) is 27.7. The number of phenols is 1. The Labute approximate surface area is 221 Å². The maximum absolute atomic E-state index is 13.7. The molecule has 0 spiro atoms. The molecule has 4 aromatic carbocycles. The lowest BCUT2D eigenvalue weighted by Gasteiger charge is -2.23. The van der Waals surface area contributed by atoms with Crippen molar-refractivity contribution in [1.29, 1.82) is 0 Å². The number of hydrogen-bond acceptors (Lipinski definition) is 9. The molecule has 0 unspecified atom stereocenters. The van der Waals surface area contributed by atoms with E-state index in [1.807, 2.05) is 0 Å². The Kier molecular flexibility index (Phi) is 7.40. The standard InChI is InChI=1S/C26H26N4O6S2/c1-4-30(19-8-6-5-7-9-19)37(32,33)24-14-17(2)10-13-22(24)28-29-26-21(27)12-11-18-15-20(38(34,35)36-3)16-23(31)25(18)26/h5-16,31H,4,27H2,1-3H3. The Balaban J connectivity index is 1.86. The number of sulfonamides is 1. The average molecular weight is 555 g/mol. The van der Waals surface area contributed by atoms with Crippen molar-refractivity contribution < 1.29 is 26.1 Å². The number of anilines is 2. The molecule has 0 radical (unpaired) electrons. The van der Waals surface area contributed by atoms with Gasteiger partial charge in [-0.2, -0.15) is 8.42 Å². The van der Waals surface area contributed by atoms with Gasteiger partial charge >= 0.3 is 0 Å². The van der Waals surface area contributed by atoms with Gasteiger partial charge in [-0.25, -0.2) is 8.42 Å². The Hall–Kier alpha value is -4.00. The molecule has 0 saturated carbocycles. The van der Waals surface area contributed by atoms with Crippen molar-refractivity contribution in [3.63, 3.8) is 0 Å². The van der Waals surface area contributed by atoms with Gasteiger partial charge < -0.3 is 10.8 Å². The number of nitrogens with zero attached hydrogens (tertiary/aromatic N) is 3. The van der Waals surface area contributed by atoms with Gasteiger partial charge in [-0.05, 0) is 61.2 Å². The maximum atomic E-state index is 13.7. The number of phenolic OH excluding ortho intramolecular Hbond substituents is 1. The fourth-order valence-corrected chi connectivity index (χ4v) is 6.39. The number of rotatable bonds is 8. The predicted octanol–water partition coefficient (Wildman–Crippen LogP) is 5.40. The van der Waals surface area contributed by atoms with E-state index in [1.54, 1.807) is 50.2 Å². The molecule has 0 aliphatic rings. The minimum Gasteiger partial charge on any atom is -0.507 e. The van der Waals surface area contributed by atoms with E-state index in [4.69, 9.17) is 5.73 Å². The number of aryl methyl sites for hydroxylation is 1. The van der Waals surface area contributed by atoms with Crippen molar-refractivity contribution in [2.75, 3.05) is 23.7 Å². The van der Waals surface area contributed by atoms with Gasteiger partial charge in [-0.3, -0.25) is 8.49 Å². The summed E-state index contributed by atoms with van der Waals surface area (Å²) in [6.07, 6.45) is 0. The summed E-state index contributed by atoms with van der Waals surface area (Å²) < 4.78 is 57.6. The normalized spacial score (nSPS) is 12.3. The molecule has 4 aromatic rings. The van der Waals surface area contributed by atoms with E-state index in [0.717, 1.165) is 13.2 Å². The van der Waals surface area contributed by atoms with Crippen LogP contribution in [0.1, 0.15) is 12.5 Å². The number of para-hydroxylation sites is 1. The van der Waals surface area contributed by atoms with Crippen LogP contribution in [0.2, 0.25) is 0 Å². The summed E-state index contributed by atoms with van der Waals surface area (Å²) in [5.41, 5.74) is 7.62. The van der Waals surface area contributed by atoms with Crippen LogP contribution in [-0.4, -0.2) is 35.6 Å². The molecule has 0 saturated heterocycles. The number of nitrogen functional groups attached to an aromatic ring is 1. The molecular formula is C26H26N4O6S2. The summed E-state index contributed by atoms with van der Waals surface area (Å²) in [7, 11) is -7.08. The average Bonchev–Trinajstić information content (AvgIpc) is 2.89. The van der Waals surface area contributed by atoms with E-state index in [-0.39, 0.29) is 38.8 Å². The number of fused-ring (bicyclic) bond motifs is 1. The zero-order valence-corrected chi connectivity index (χ0v) is 22.5. The second-order valence-electron chi connectivity index (χ2n) is 8.34. The number of azo groups is 1. The molecule has 0 aliphatic heterocycles. The number of hydrogen-bond donors (Lipinski definition) is 2. The van der Waals surface area contributed by atoms with Crippen molar-refractivity contribution in [2.24, 2.45) is 10.2 Å². The van der Waals surface area contributed by atoms with Gasteiger partial charge in [0.1, 0.15) is 22.0 Å². The fourth-order valence-electron chi connectivity index (χ4n) is 3.98. The molecule has 12 heteroatoms. The van der Waals surface area contributed by atoms with Crippen LogP contribution < -0.4 is 10.0 Å². The highest BCUT2D eigenvalue weighted by atomic mass is 32.2. The second-order valence-corrected chi connectivity index (χ2v) is 11.9. The molecule has 0 heterocycles. The van der Waals surface area contributed by atoms with E-state index in [2.05, 4.69) is 14.4 Å². The number of nitrogens with two attached hydrogens (primary N) is 1. The molecule has 0 aromatic heterocycles. The summed E-state index contributed by atoms with van der Waals surface area (Å²) in [6.45, 7) is 3.69. The first-order valence-corrected chi connectivity index (χ1v) is 14.3. The van der Waals surface area contributed by atoms with Crippen LogP contribution in [0.5, 0.6) is 5.75 Å². The highest BCUT2D eigenvalue weighted by Crippen LogP contribution is 2.41. The molecule has 4 rings (SSSR count). The highest BCUT2D eigenvalue weighted by Gasteiger charge is 2.27. The van der Waals surface area contributed by atoms with E-state index >= 15 is 0 Å². The fraction of sp³-hybridized carbons (Fsp3) is 0.154. The Bertz CT molecular complexity index is 1760. The summed E-state index contributed by atoms with van der Waals surface area (Å²) in [6, 6.07) is 18.8. The van der Waals surface area contributed by atoms with Crippen LogP contribution in [0.4, 0.5) is 22.7 Å². The van der Waals surface area contributed by atoms with Gasteiger partial charge in [0.2, 0.25) is 0 Å². The minimum absolute atomic E-state index is 0.0524. The first kappa shape index (κ1) is 27.0. The molecule has 10 nitrogen and oxygen atoms in total. The SMILES string of the molecule is CCN(c1ccccc1)S(=O)(=O)c1cc(C)ccc1N=Nc1c(N)ccc2cc(S(=O)(=O)OC)cc(O)c12. The van der Waals surface area contributed by atoms with E-state index in [1.165, 1.54) is 34.6 Å². The van der Waals surface area contributed by atoms with Crippen molar-refractivity contribution in [2.45, 2.75) is 23.6 Å². The van der Waals surface area contributed by atoms with E-state index < -0.39 is 25.9 Å². The Morgan fingerprint density at radius 2 is 1.66 bits per heavy atom. The van der Waals surface area contributed by atoms with Crippen molar-refractivity contribution in [3.05, 3.63) is 78.4 Å². The zero-order valence-electron chi connectivity index (χ0n) is 20.9. The molecule has 0 bridgehead atoms. The lowest BCUT2D eigenvalue weighted by molar-refractivity contribution is 0.397. The van der Waals surface area contributed by atoms with Gasteiger partial charge in [-0.15, -0.1) is 10.2 Å². The molecular weight excluding hydrogens is 528 g/mol. The summed E-state index contributed by atoms with van der Waals surface area (Å²) in [5, 5.41) is 19.6. The molecule has 0 aliphatic carbocycles. The van der Waals surface area contributed by atoms with Crippen LogP contribution in [0.25, 0.3) is 10.8 Å². The predicted molar refractivity (Wildman–Crippen MR) is 146 cm³/mol. The Morgan fingerprint density at radius 3 is 2.32 bits per heavy atom. The molecule has 0 atom stereocenters. The third kappa shape index (κ3) is 5.05. The first-order valence-electron chi connectivity index (χ1n) is 11.5. The van der Waals surface area contributed by atoms with E-state index in [0.29, 0.717) is 16.6 Å². The van der Waals surface area contributed by atoms with Gasteiger partial charge in [0, 0.05) is 12.6 Å². The quantitative estimate of drug-likeness (QED) is 0.168. The van der Waals surface area contributed by atoms with E-state index in [9.17, 15) is 21.9 Å². The largest absolute Gasteiger partial charge is 0.507 e. The highest BCUT2D eigenvalue weighted by molar-refractivity contribution is 7.93. The molecule has 38 heavy (non-hydrogen) atoms. The van der Waals surface area contributed by atoms with Gasteiger partial charge in [-0.1, -0.05) is 30.3 Å². The van der Waals surface area contributed by atoms with Gasteiger partial charge in [0.25, 0.3) is 20.1 Å². The van der Waals surface area contributed by atoms with Crippen LogP contribution in [-0.2, 0) is 24.3 Å². The monoisotopic (exact) mass is 554 g/mol. The van der Waals surface area contributed by atoms with Crippen LogP contribution >= 0.6 is 0 Å². The van der Waals surface area contributed by atoms with Crippen molar-refractivity contribution in [3.8, 4) is 5.75 Å². The number of benzene rings is 4. The maximum Gasteiger partial charge on any atom is 0.296 e. The minimum atomic E-state index is -4.07. The lowest BCUT2D eigenvalue weighted by atomic mass is 10.1. The first-order chi connectivity index (χ1) is 18.0. The third-order valence-corrected chi connectivity index (χ3v) is 9.04. The second kappa shape index (κ2) is 10.4. The summed E-state index contributed by atoms with van der Waals surface area (Å²) in [5.74, 6) is -0.405. The van der Waals surface area contributed by atoms with Gasteiger partial charge in [0.15, 0.2) is 0 Å². The summed E-state index contributed by atoms with van der Waals surface area (Å²) >= 11 is 0. The van der Waals surface area contributed by atoms with Crippen LogP contribution in [0.15, 0.2) is 92.8 Å². The molecule has 198 valence electrons. The van der Waals surface area contributed by atoms with Crippen LogP contribution in [0, 0.1) is 6.92 Å².